The molecule has 0 saturated carbocycles. The van der Waals surface area contributed by atoms with Crippen molar-refractivity contribution in [1.82, 2.24) is 9.88 Å². The Balaban J connectivity index is 1.93. The fourth-order valence-electron chi connectivity index (χ4n) is 3.08. The Labute approximate surface area is 135 Å². The molecular weight excluding hydrogens is 292 g/mol. The Morgan fingerprint density at radius 3 is 2.83 bits per heavy atom. The highest BCUT2D eigenvalue weighted by atomic mass is 16.5. The molecule has 2 aromatic rings. The largest absolute Gasteiger partial charge is 0.496 e. The number of fused-ring (bicyclic) bond motifs is 1. The van der Waals surface area contributed by atoms with E-state index in [4.69, 9.17) is 4.74 Å². The van der Waals surface area contributed by atoms with Crippen molar-refractivity contribution < 1.29 is 14.3 Å². The van der Waals surface area contributed by atoms with Gasteiger partial charge in [0.1, 0.15) is 17.2 Å². The smallest absolute Gasteiger partial charge is 0.272 e. The van der Waals surface area contributed by atoms with Crippen molar-refractivity contribution in [3.05, 3.63) is 36.0 Å². The van der Waals surface area contributed by atoms with Crippen LogP contribution in [-0.4, -0.2) is 41.8 Å². The third-order valence-corrected chi connectivity index (χ3v) is 4.40. The van der Waals surface area contributed by atoms with Gasteiger partial charge in [-0.15, -0.1) is 0 Å². The van der Waals surface area contributed by atoms with E-state index in [1.54, 1.807) is 25.0 Å². The lowest BCUT2D eigenvalue weighted by atomic mass is 9.94. The molecule has 1 atom stereocenters. The van der Waals surface area contributed by atoms with Crippen LogP contribution in [0.1, 0.15) is 30.3 Å². The second kappa shape index (κ2) is 6.36. The molecule has 0 radical (unpaired) electrons. The number of methoxy groups -OCH3 is 1. The molecule has 1 amide bonds. The molecule has 1 fully saturated rings. The zero-order valence-electron chi connectivity index (χ0n) is 13.4. The van der Waals surface area contributed by atoms with E-state index < -0.39 is 0 Å². The van der Waals surface area contributed by atoms with Crippen molar-refractivity contribution in [3.8, 4) is 5.75 Å². The summed E-state index contributed by atoms with van der Waals surface area (Å²) in [6.07, 6.45) is 1.70. The molecule has 2 heterocycles. The topological polar surface area (TPSA) is 59.5 Å². The maximum absolute atomic E-state index is 12.8. The van der Waals surface area contributed by atoms with E-state index in [9.17, 15) is 9.59 Å². The lowest BCUT2D eigenvalue weighted by Gasteiger charge is -2.31. The number of carbonyl (C=O) groups excluding carboxylic acids is 2. The monoisotopic (exact) mass is 312 g/mol. The average Bonchev–Trinajstić information content (AvgIpc) is 2.60. The molecule has 0 unspecified atom stereocenters. The first-order chi connectivity index (χ1) is 11.1. The van der Waals surface area contributed by atoms with Crippen LogP contribution >= 0.6 is 0 Å². The van der Waals surface area contributed by atoms with Crippen LogP contribution in [0.15, 0.2) is 30.3 Å². The van der Waals surface area contributed by atoms with Crippen LogP contribution in [0.5, 0.6) is 5.75 Å². The number of amides is 1. The van der Waals surface area contributed by atoms with E-state index in [0.717, 1.165) is 23.7 Å². The van der Waals surface area contributed by atoms with Crippen molar-refractivity contribution >= 4 is 22.6 Å². The molecule has 1 aliphatic heterocycles. The number of nitrogens with zero attached hydrogens (tertiary/aromatic N) is 2. The van der Waals surface area contributed by atoms with Crippen molar-refractivity contribution in [2.24, 2.45) is 5.92 Å². The van der Waals surface area contributed by atoms with Crippen LogP contribution in [0.3, 0.4) is 0 Å². The minimum absolute atomic E-state index is 0.0601. The van der Waals surface area contributed by atoms with E-state index in [1.165, 1.54) is 0 Å². The van der Waals surface area contributed by atoms with Crippen molar-refractivity contribution in [3.63, 3.8) is 0 Å². The summed E-state index contributed by atoms with van der Waals surface area (Å²) in [5, 5.41) is 0.881. The first-order valence-corrected chi connectivity index (χ1v) is 7.83. The minimum Gasteiger partial charge on any atom is -0.496 e. The van der Waals surface area contributed by atoms with E-state index in [2.05, 4.69) is 4.98 Å². The third kappa shape index (κ3) is 3.04. The van der Waals surface area contributed by atoms with E-state index in [0.29, 0.717) is 24.5 Å². The summed E-state index contributed by atoms with van der Waals surface area (Å²) in [6.45, 7) is 2.74. The zero-order valence-corrected chi connectivity index (χ0v) is 13.4. The van der Waals surface area contributed by atoms with Crippen LogP contribution in [-0.2, 0) is 4.79 Å². The molecule has 1 saturated heterocycles. The Hall–Kier alpha value is -2.43. The predicted octanol–water partition coefficient (Wildman–Crippen LogP) is 2.68. The van der Waals surface area contributed by atoms with E-state index in [-0.39, 0.29) is 17.6 Å². The van der Waals surface area contributed by atoms with Crippen molar-refractivity contribution in [2.45, 2.75) is 19.8 Å². The molecular formula is C18H20N2O3. The molecule has 0 N–H and O–H groups in total. The second-order valence-corrected chi connectivity index (χ2v) is 5.93. The summed E-state index contributed by atoms with van der Waals surface area (Å²) in [6, 6.07) is 9.26. The first-order valence-electron chi connectivity index (χ1n) is 7.83. The van der Waals surface area contributed by atoms with Gasteiger partial charge in [-0.2, -0.15) is 0 Å². The first kappa shape index (κ1) is 15.5. The molecule has 3 rings (SSSR count). The molecule has 0 bridgehead atoms. The SMILES string of the molecule is COc1cc(C(=O)N2CCC[C@H](C(C)=O)C2)nc2ccccc12. The highest BCUT2D eigenvalue weighted by Gasteiger charge is 2.28. The molecule has 120 valence electrons. The van der Waals surface area contributed by atoms with Gasteiger partial charge in [-0.05, 0) is 31.9 Å². The number of aromatic nitrogens is 1. The number of hydrogen-bond acceptors (Lipinski definition) is 4. The number of pyridine rings is 1. The fraction of sp³-hybridized carbons (Fsp3) is 0.389. The summed E-state index contributed by atoms with van der Waals surface area (Å²) >= 11 is 0. The van der Waals surface area contributed by atoms with Gasteiger partial charge < -0.3 is 9.64 Å². The normalized spacial score (nSPS) is 18.0. The highest BCUT2D eigenvalue weighted by Crippen LogP contribution is 2.26. The van der Waals surface area contributed by atoms with Gasteiger partial charge in [0.15, 0.2) is 0 Å². The van der Waals surface area contributed by atoms with Gasteiger partial charge in [0.05, 0.1) is 12.6 Å². The number of carbonyl (C=O) groups is 2. The van der Waals surface area contributed by atoms with Crippen LogP contribution in [0.4, 0.5) is 0 Å². The van der Waals surface area contributed by atoms with Crippen LogP contribution < -0.4 is 4.74 Å². The van der Waals surface area contributed by atoms with E-state index >= 15 is 0 Å². The summed E-state index contributed by atoms with van der Waals surface area (Å²) < 4.78 is 5.40. The maximum atomic E-state index is 12.8. The standard InChI is InChI=1S/C18H20N2O3/c1-12(21)13-6-5-9-20(11-13)18(22)16-10-17(23-2)14-7-3-4-8-15(14)19-16/h3-4,7-8,10,13H,5-6,9,11H2,1-2H3/t13-/m0/s1. The zero-order chi connectivity index (χ0) is 16.4. The van der Waals surface area contributed by atoms with Crippen LogP contribution in [0.25, 0.3) is 10.9 Å². The summed E-state index contributed by atoms with van der Waals surface area (Å²) in [5.74, 6) is 0.584. The molecule has 0 aliphatic carbocycles. The van der Waals surface area contributed by atoms with Gasteiger partial charge >= 0.3 is 0 Å². The number of hydrogen-bond donors (Lipinski definition) is 0. The second-order valence-electron chi connectivity index (χ2n) is 5.93. The van der Waals surface area contributed by atoms with Crippen LogP contribution in [0.2, 0.25) is 0 Å². The number of rotatable bonds is 3. The quantitative estimate of drug-likeness (QED) is 0.874. The Morgan fingerprint density at radius 1 is 1.30 bits per heavy atom. The number of Topliss-reactive ketones (excluding diaryl/α,β-unsaturated/α-hetero) is 1. The molecule has 1 aromatic carbocycles. The lowest BCUT2D eigenvalue weighted by molar-refractivity contribution is -0.122. The van der Waals surface area contributed by atoms with Crippen molar-refractivity contribution in [1.29, 1.82) is 0 Å². The van der Waals surface area contributed by atoms with Gasteiger partial charge in [0.25, 0.3) is 5.91 Å². The average molecular weight is 312 g/mol. The fourth-order valence-corrected chi connectivity index (χ4v) is 3.08. The maximum Gasteiger partial charge on any atom is 0.272 e. The van der Waals surface area contributed by atoms with Gasteiger partial charge in [0.2, 0.25) is 0 Å². The van der Waals surface area contributed by atoms with Gasteiger partial charge in [0, 0.05) is 30.5 Å². The third-order valence-electron chi connectivity index (χ3n) is 4.40. The number of likely N-dealkylation sites (tertiary alicyclic amines) is 1. The van der Waals surface area contributed by atoms with Gasteiger partial charge in [-0.3, -0.25) is 9.59 Å². The Bertz CT molecular complexity index is 757. The number of benzene rings is 1. The summed E-state index contributed by atoms with van der Waals surface area (Å²) in [5.41, 5.74) is 1.10. The number of piperidine rings is 1. The predicted molar refractivity (Wildman–Crippen MR) is 87.6 cm³/mol. The summed E-state index contributed by atoms with van der Waals surface area (Å²) in [4.78, 5) is 30.6. The lowest BCUT2D eigenvalue weighted by Crippen LogP contribution is -2.42. The van der Waals surface area contributed by atoms with Crippen molar-refractivity contribution in [2.75, 3.05) is 20.2 Å². The van der Waals surface area contributed by atoms with E-state index in [1.807, 2.05) is 24.3 Å². The molecule has 5 heteroatoms. The highest BCUT2D eigenvalue weighted by molar-refractivity contribution is 5.97. The number of para-hydroxylation sites is 1. The number of ketones is 1. The van der Waals surface area contributed by atoms with Gasteiger partial charge in [-0.25, -0.2) is 4.98 Å². The molecule has 5 nitrogen and oxygen atoms in total. The molecule has 1 aromatic heterocycles. The molecule has 0 spiro atoms. The Morgan fingerprint density at radius 2 is 2.09 bits per heavy atom. The van der Waals surface area contributed by atoms with Gasteiger partial charge in [-0.1, -0.05) is 12.1 Å². The Kier molecular flexibility index (Phi) is 4.28. The molecule has 1 aliphatic rings. The molecule has 23 heavy (non-hydrogen) atoms. The minimum atomic E-state index is -0.139. The van der Waals surface area contributed by atoms with Crippen LogP contribution in [0, 0.1) is 5.92 Å². The summed E-state index contributed by atoms with van der Waals surface area (Å²) in [7, 11) is 1.59. The number of ether oxygens (including phenoxy) is 1.